The molecule has 0 heterocycles. The Labute approximate surface area is 159 Å². The molecule has 0 aliphatic carbocycles. The maximum atomic E-state index is 10.3. The molecule has 2 nitrogen and oxygen atoms in total. The van der Waals surface area contributed by atoms with Crippen molar-refractivity contribution >= 4 is 40.0 Å². The molecule has 0 radical (unpaired) electrons. The summed E-state index contributed by atoms with van der Waals surface area (Å²) in [6.45, 7) is 2.27. The Hall–Kier alpha value is 0.453. The first kappa shape index (κ1) is 27.3. The molecule has 0 saturated carbocycles. The second kappa shape index (κ2) is 23.7. The summed E-state index contributed by atoms with van der Waals surface area (Å²) in [7, 11) is 0. The fourth-order valence-electron chi connectivity index (χ4n) is 2.65. The third kappa shape index (κ3) is 25.4. The zero-order valence-corrected chi connectivity index (χ0v) is 13.7. The fourth-order valence-corrected chi connectivity index (χ4v) is 2.65. The molecule has 0 amide bonds. The Morgan fingerprint density at radius 2 is 0.909 bits per heavy atom. The van der Waals surface area contributed by atoms with Crippen molar-refractivity contribution in [1.82, 2.24) is 0 Å². The van der Waals surface area contributed by atoms with Crippen LogP contribution in [0.2, 0.25) is 0 Å². The first-order chi connectivity index (χ1) is 9.77. The first-order valence-corrected chi connectivity index (χ1v) is 8.99. The maximum absolute atomic E-state index is 10.3. The van der Waals surface area contributed by atoms with Crippen LogP contribution in [0.15, 0.2) is 0 Å². The molecule has 0 aliphatic heterocycles. The van der Waals surface area contributed by atoms with Crippen molar-refractivity contribution in [3.8, 4) is 0 Å². The molecule has 0 atom stereocenters. The zero-order valence-electron chi connectivity index (χ0n) is 13.7. The van der Waals surface area contributed by atoms with Gasteiger partial charge in [-0.05, 0) is 17.4 Å². The van der Waals surface area contributed by atoms with Crippen LogP contribution in [0.4, 0.5) is 0 Å². The topological polar surface area (TPSA) is 37.3 Å². The predicted molar refractivity (Wildman–Crippen MR) is 107 cm³/mol. The van der Waals surface area contributed by atoms with Crippen LogP contribution in [0.1, 0.15) is 110 Å². The van der Waals surface area contributed by atoms with Crippen molar-refractivity contribution in [3.05, 3.63) is 0 Å². The van der Waals surface area contributed by atoms with Gasteiger partial charge in [-0.3, -0.25) is 4.79 Å². The summed E-state index contributed by atoms with van der Waals surface area (Å²) >= 11 is 0. The lowest BCUT2D eigenvalue weighted by Gasteiger charge is -2.03. The van der Waals surface area contributed by atoms with Gasteiger partial charge in [0.25, 0.3) is 0 Å². The number of hydrogen-bond acceptors (Lipinski definition) is 1. The van der Waals surface area contributed by atoms with Crippen molar-refractivity contribution < 1.29 is 9.90 Å². The van der Waals surface area contributed by atoms with E-state index in [9.17, 15) is 4.79 Å². The van der Waals surface area contributed by atoms with Gasteiger partial charge in [-0.1, -0.05) is 96.8 Å². The number of carbonyl (C=O) groups is 1. The molecule has 0 aromatic carbocycles. The highest BCUT2D eigenvalue weighted by Crippen LogP contribution is 2.13. The van der Waals surface area contributed by atoms with Crippen LogP contribution in [0, 0.1) is 0 Å². The zero-order chi connectivity index (χ0) is 14.9. The third-order valence-corrected chi connectivity index (χ3v) is 3.99. The van der Waals surface area contributed by atoms with Crippen LogP contribution in [0.5, 0.6) is 0 Å². The van der Waals surface area contributed by atoms with Gasteiger partial charge in [0.1, 0.15) is 0 Å². The second-order valence-corrected chi connectivity index (χ2v) is 6.09. The molecular weight excluding hydrogens is 301 g/mol. The molecule has 0 saturated heterocycles. The monoisotopic (exact) mass is 342 g/mol. The average Bonchev–Trinajstić information content (AvgIpc) is 2.43. The van der Waals surface area contributed by atoms with Gasteiger partial charge in [0.2, 0.25) is 0 Å². The van der Waals surface area contributed by atoms with E-state index in [2.05, 4.69) is 6.92 Å². The lowest BCUT2D eigenvalue weighted by atomic mass is 10.0. The first-order valence-electron chi connectivity index (χ1n) is 8.99. The summed E-state index contributed by atoms with van der Waals surface area (Å²) < 4.78 is 0. The highest BCUT2D eigenvalue weighted by Gasteiger charge is 1.97. The quantitative estimate of drug-likeness (QED) is 0.340. The summed E-state index contributed by atoms with van der Waals surface area (Å²) in [5.41, 5.74) is 0. The fraction of sp³-hybridized carbons (Fsp3) is 0.944. The van der Waals surface area contributed by atoms with E-state index in [1.165, 1.54) is 83.5 Å². The molecule has 0 fully saturated rings. The standard InChI is InChI=1S/C18H36O2.Mg.H4Si.2H/c1-2-3-4-5-6-7-8-9-10-11-12-13-14-15-16-17-18(19)20;;;;/h2-17H2,1H3,(H,19,20);;1H4;;. The van der Waals surface area contributed by atoms with Crippen LogP contribution >= 0.6 is 0 Å². The summed E-state index contributed by atoms with van der Waals surface area (Å²) in [4.78, 5) is 10.3. The van der Waals surface area contributed by atoms with E-state index in [0.717, 1.165) is 12.8 Å². The number of carboxylic acid groups (broad SMARTS) is 1. The molecule has 0 unspecified atom stereocenters. The van der Waals surface area contributed by atoms with Crippen LogP contribution in [-0.4, -0.2) is 45.1 Å². The van der Waals surface area contributed by atoms with E-state index in [1.807, 2.05) is 0 Å². The van der Waals surface area contributed by atoms with Gasteiger partial charge in [0.15, 0.2) is 0 Å². The predicted octanol–water partition coefficient (Wildman–Crippen LogP) is 3.96. The number of carboxylic acids is 1. The van der Waals surface area contributed by atoms with Gasteiger partial charge in [-0.25, -0.2) is 0 Å². The minimum Gasteiger partial charge on any atom is -0.481 e. The van der Waals surface area contributed by atoms with Crippen molar-refractivity contribution in [1.29, 1.82) is 0 Å². The number of aliphatic carboxylic acids is 1. The number of unbranched alkanes of at least 4 members (excludes halogenated alkanes) is 14. The molecule has 0 rings (SSSR count). The average molecular weight is 343 g/mol. The molecule has 0 spiro atoms. The Balaban J connectivity index is -0.00000180. The molecule has 0 aliphatic rings. The van der Waals surface area contributed by atoms with E-state index in [1.54, 1.807) is 0 Å². The van der Waals surface area contributed by atoms with Crippen LogP contribution in [0.3, 0.4) is 0 Å². The lowest BCUT2D eigenvalue weighted by Crippen LogP contribution is -1.93. The SMILES string of the molecule is CCCCCCCCCCCCCCCCCC(=O)O.[MgH2].[SiH4]. The van der Waals surface area contributed by atoms with E-state index >= 15 is 0 Å². The van der Waals surface area contributed by atoms with E-state index in [4.69, 9.17) is 5.11 Å². The molecule has 0 aromatic heterocycles. The molecule has 0 bridgehead atoms. The van der Waals surface area contributed by atoms with Crippen molar-refractivity contribution in [2.75, 3.05) is 0 Å². The highest BCUT2D eigenvalue weighted by atomic mass is 28.1. The third-order valence-electron chi connectivity index (χ3n) is 3.99. The van der Waals surface area contributed by atoms with Gasteiger partial charge in [0, 0.05) is 6.42 Å². The Morgan fingerprint density at radius 3 is 1.18 bits per heavy atom. The molecule has 4 heteroatoms. The van der Waals surface area contributed by atoms with Crippen LogP contribution < -0.4 is 0 Å². The maximum Gasteiger partial charge on any atom is 0.316 e. The number of hydrogen-bond donors (Lipinski definition) is 1. The molecule has 132 valence electrons. The van der Waals surface area contributed by atoms with Crippen LogP contribution in [-0.2, 0) is 4.79 Å². The summed E-state index contributed by atoms with van der Waals surface area (Å²) in [5.74, 6) is -0.653. The van der Waals surface area contributed by atoms with Gasteiger partial charge < -0.3 is 5.11 Å². The Kier molecular flexibility index (Phi) is 29.4. The highest BCUT2D eigenvalue weighted by molar-refractivity contribution is 5.76. The van der Waals surface area contributed by atoms with E-state index in [-0.39, 0.29) is 34.0 Å². The summed E-state index contributed by atoms with van der Waals surface area (Å²) in [6.07, 6.45) is 20.2. The van der Waals surface area contributed by atoms with Gasteiger partial charge in [-0.15, -0.1) is 0 Å². The normalized spacial score (nSPS) is 9.86. The summed E-state index contributed by atoms with van der Waals surface area (Å²) in [5, 5.41) is 8.52. The Bertz CT molecular complexity index is 213. The second-order valence-electron chi connectivity index (χ2n) is 6.09. The number of rotatable bonds is 16. The largest absolute Gasteiger partial charge is 0.481 e. The molecule has 0 aromatic rings. The van der Waals surface area contributed by atoms with Crippen molar-refractivity contribution in [3.63, 3.8) is 0 Å². The van der Waals surface area contributed by atoms with Gasteiger partial charge in [-0.2, -0.15) is 0 Å². The lowest BCUT2D eigenvalue weighted by molar-refractivity contribution is -0.137. The molecule has 22 heavy (non-hydrogen) atoms. The van der Waals surface area contributed by atoms with Gasteiger partial charge >= 0.3 is 29.0 Å². The minimum absolute atomic E-state index is 0. The Morgan fingerprint density at radius 1 is 0.636 bits per heavy atom. The molecular formula is C18H42MgO2Si. The molecule has 1 N–H and O–H groups in total. The van der Waals surface area contributed by atoms with Crippen molar-refractivity contribution in [2.24, 2.45) is 0 Å². The van der Waals surface area contributed by atoms with Crippen molar-refractivity contribution in [2.45, 2.75) is 110 Å². The van der Waals surface area contributed by atoms with E-state index < -0.39 is 5.97 Å². The van der Waals surface area contributed by atoms with E-state index in [0.29, 0.717) is 6.42 Å². The van der Waals surface area contributed by atoms with Gasteiger partial charge in [0.05, 0.1) is 0 Å². The van der Waals surface area contributed by atoms with Crippen LogP contribution in [0.25, 0.3) is 0 Å². The minimum atomic E-state index is -0.653. The summed E-state index contributed by atoms with van der Waals surface area (Å²) in [6, 6.07) is 0. The smallest absolute Gasteiger partial charge is 0.316 e.